The summed E-state index contributed by atoms with van der Waals surface area (Å²) < 4.78 is 14.8. The Morgan fingerprint density at radius 3 is 2.63 bits per heavy atom. The number of piperidine rings is 1. The SMILES string of the molecule is CN=C(N)C(=CO)NCCN(N)N/C(=C(/C)S)c1ccc(N2CCCCC2)c(F)c1. The van der Waals surface area contributed by atoms with Gasteiger partial charge in [-0.3, -0.25) is 10.8 Å². The van der Waals surface area contributed by atoms with Crippen LogP contribution in [0.3, 0.4) is 0 Å². The van der Waals surface area contributed by atoms with E-state index < -0.39 is 0 Å². The van der Waals surface area contributed by atoms with Gasteiger partial charge in [0.1, 0.15) is 23.6 Å². The van der Waals surface area contributed by atoms with Crippen molar-refractivity contribution in [3.63, 3.8) is 0 Å². The minimum Gasteiger partial charge on any atom is -0.513 e. The van der Waals surface area contributed by atoms with Crippen LogP contribution in [0.25, 0.3) is 5.70 Å². The number of amidine groups is 1. The highest BCUT2D eigenvalue weighted by Crippen LogP contribution is 2.27. The van der Waals surface area contributed by atoms with Gasteiger partial charge in [0.2, 0.25) is 0 Å². The van der Waals surface area contributed by atoms with E-state index in [9.17, 15) is 9.50 Å². The van der Waals surface area contributed by atoms with Gasteiger partial charge in [0, 0.05) is 37.2 Å². The summed E-state index contributed by atoms with van der Waals surface area (Å²) in [6.45, 7) is 4.30. The van der Waals surface area contributed by atoms with Gasteiger partial charge in [0.25, 0.3) is 0 Å². The Hall–Kier alpha value is -2.43. The molecule has 8 nitrogen and oxygen atoms in total. The molecular weight excluding hydrogens is 405 g/mol. The summed E-state index contributed by atoms with van der Waals surface area (Å²) in [6.07, 6.45) is 4.22. The molecular formula is C20H32FN7OS. The van der Waals surface area contributed by atoms with Crippen molar-refractivity contribution < 1.29 is 9.50 Å². The predicted molar refractivity (Wildman–Crippen MR) is 124 cm³/mol. The van der Waals surface area contributed by atoms with Crippen molar-refractivity contribution in [2.75, 3.05) is 38.1 Å². The van der Waals surface area contributed by atoms with E-state index in [-0.39, 0.29) is 11.7 Å². The molecule has 1 fully saturated rings. The Morgan fingerprint density at radius 1 is 1.37 bits per heavy atom. The second-order valence-electron chi connectivity index (χ2n) is 7.06. The van der Waals surface area contributed by atoms with E-state index in [1.807, 2.05) is 12.1 Å². The van der Waals surface area contributed by atoms with Gasteiger partial charge in [-0.05, 0) is 38.3 Å². The van der Waals surface area contributed by atoms with Gasteiger partial charge >= 0.3 is 0 Å². The molecule has 0 saturated carbocycles. The number of halogens is 1. The highest BCUT2D eigenvalue weighted by atomic mass is 32.1. The van der Waals surface area contributed by atoms with Crippen molar-refractivity contribution in [1.29, 1.82) is 0 Å². The van der Waals surface area contributed by atoms with Gasteiger partial charge in [-0.1, -0.05) is 6.07 Å². The van der Waals surface area contributed by atoms with Crippen LogP contribution >= 0.6 is 12.6 Å². The molecule has 1 aromatic carbocycles. The Morgan fingerprint density at radius 2 is 2.07 bits per heavy atom. The molecule has 1 aliphatic rings. The fraction of sp³-hybridized carbons (Fsp3) is 0.450. The molecule has 0 aliphatic carbocycles. The van der Waals surface area contributed by atoms with E-state index in [0.29, 0.717) is 40.6 Å². The summed E-state index contributed by atoms with van der Waals surface area (Å²) in [7, 11) is 1.53. The smallest absolute Gasteiger partial charge is 0.147 e. The molecule has 30 heavy (non-hydrogen) atoms. The number of benzene rings is 1. The molecule has 1 saturated heterocycles. The van der Waals surface area contributed by atoms with Crippen LogP contribution in [-0.4, -0.2) is 49.3 Å². The molecule has 1 aliphatic heterocycles. The molecule has 1 heterocycles. The van der Waals surface area contributed by atoms with E-state index in [1.54, 1.807) is 6.92 Å². The first-order chi connectivity index (χ1) is 14.4. The largest absolute Gasteiger partial charge is 0.513 e. The molecule has 0 aromatic heterocycles. The maximum absolute atomic E-state index is 14.8. The maximum Gasteiger partial charge on any atom is 0.147 e. The minimum absolute atomic E-state index is 0.185. The summed E-state index contributed by atoms with van der Waals surface area (Å²) in [5.41, 5.74) is 10.9. The highest BCUT2D eigenvalue weighted by Gasteiger charge is 2.17. The third kappa shape index (κ3) is 6.54. The number of thiol groups is 1. The number of aliphatic hydroxyl groups is 1. The van der Waals surface area contributed by atoms with Crippen molar-refractivity contribution in [2.24, 2.45) is 16.6 Å². The molecule has 10 heteroatoms. The lowest BCUT2D eigenvalue weighted by atomic mass is 10.1. The summed E-state index contributed by atoms with van der Waals surface area (Å²) in [6, 6.07) is 5.18. The lowest BCUT2D eigenvalue weighted by Crippen LogP contribution is -2.46. The Labute approximate surface area is 182 Å². The van der Waals surface area contributed by atoms with E-state index in [1.165, 1.54) is 24.7 Å². The number of nitrogens with one attached hydrogen (secondary N) is 2. The van der Waals surface area contributed by atoms with Crippen LogP contribution in [0.4, 0.5) is 10.1 Å². The number of hydrogen-bond acceptors (Lipinski definition) is 8. The Balaban J connectivity index is 2.02. The first-order valence-corrected chi connectivity index (χ1v) is 10.4. The number of nitrogens with zero attached hydrogens (tertiary/aromatic N) is 3. The number of hydrogen-bond donors (Lipinski definition) is 6. The number of aliphatic hydroxyl groups excluding tert-OH is 1. The van der Waals surface area contributed by atoms with Crippen LogP contribution in [0.1, 0.15) is 31.7 Å². The number of aliphatic imine (C=N–C) groups is 1. The van der Waals surface area contributed by atoms with Crippen LogP contribution in [0.2, 0.25) is 0 Å². The molecule has 2 rings (SSSR count). The Kier molecular flexibility index (Phi) is 9.28. The topological polar surface area (TPSA) is 115 Å². The summed E-state index contributed by atoms with van der Waals surface area (Å²) in [5.74, 6) is 5.96. The fourth-order valence-electron chi connectivity index (χ4n) is 3.24. The van der Waals surface area contributed by atoms with Crippen LogP contribution in [0, 0.1) is 5.82 Å². The first-order valence-electron chi connectivity index (χ1n) is 9.91. The molecule has 7 N–H and O–H groups in total. The van der Waals surface area contributed by atoms with Crippen LogP contribution in [-0.2, 0) is 0 Å². The van der Waals surface area contributed by atoms with Crippen molar-refractivity contribution in [1.82, 2.24) is 15.9 Å². The van der Waals surface area contributed by atoms with E-state index in [2.05, 4.69) is 33.3 Å². The van der Waals surface area contributed by atoms with Crippen LogP contribution < -0.4 is 27.2 Å². The lowest BCUT2D eigenvalue weighted by molar-refractivity contribution is 0.237. The van der Waals surface area contributed by atoms with Gasteiger partial charge in [0.05, 0.1) is 17.9 Å². The zero-order valence-corrected chi connectivity index (χ0v) is 18.4. The zero-order chi connectivity index (χ0) is 22.1. The number of allylic oxidation sites excluding steroid dienone is 1. The average molecular weight is 438 g/mol. The normalized spacial score (nSPS) is 16.5. The second kappa shape index (κ2) is 11.7. The van der Waals surface area contributed by atoms with Crippen LogP contribution in [0.5, 0.6) is 0 Å². The molecule has 0 amide bonds. The zero-order valence-electron chi connectivity index (χ0n) is 17.5. The molecule has 0 radical (unpaired) electrons. The van der Waals surface area contributed by atoms with Crippen molar-refractivity contribution in [3.05, 3.63) is 46.4 Å². The maximum atomic E-state index is 14.8. The molecule has 0 atom stereocenters. The van der Waals surface area contributed by atoms with Crippen molar-refractivity contribution in [3.8, 4) is 0 Å². The van der Waals surface area contributed by atoms with Gasteiger partial charge in [0.15, 0.2) is 0 Å². The average Bonchev–Trinajstić information content (AvgIpc) is 2.75. The second-order valence-corrected chi connectivity index (χ2v) is 7.73. The van der Waals surface area contributed by atoms with Crippen molar-refractivity contribution >= 4 is 29.8 Å². The minimum atomic E-state index is -0.263. The summed E-state index contributed by atoms with van der Waals surface area (Å²) in [5, 5.41) is 13.5. The summed E-state index contributed by atoms with van der Waals surface area (Å²) in [4.78, 5) is 6.56. The molecule has 0 unspecified atom stereocenters. The number of hydrazine groups is 2. The van der Waals surface area contributed by atoms with E-state index in [0.717, 1.165) is 32.2 Å². The third-order valence-corrected chi connectivity index (χ3v) is 5.09. The predicted octanol–water partition coefficient (Wildman–Crippen LogP) is 2.09. The van der Waals surface area contributed by atoms with E-state index in [4.69, 9.17) is 11.6 Å². The molecule has 166 valence electrons. The third-order valence-electron chi connectivity index (χ3n) is 4.86. The lowest BCUT2D eigenvalue weighted by Gasteiger charge is -2.29. The van der Waals surface area contributed by atoms with Crippen molar-refractivity contribution in [2.45, 2.75) is 26.2 Å². The quantitative estimate of drug-likeness (QED) is 0.0875. The number of anilines is 1. The highest BCUT2D eigenvalue weighted by molar-refractivity contribution is 7.84. The standard InChI is InChI=1S/C20H32FN7OS/c1-14(30)19(26-28(23)11-8-25-17(13-29)20(22)24-2)15-6-7-18(16(21)12-15)27-9-4-3-5-10-27/h6-7,12-13,25-26,29-30H,3-5,8-11,23H2,1-2H3,(H2,22,24)/b17-13?,19-14-. The van der Waals surface area contributed by atoms with Crippen LogP contribution in [0.15, 0.2) is 40.1 Å². The number of rotatable bonds is 9. The van der Waals surface area contributed by atoms with Gasteiger partial charge in [-0.15, -0.1) is 12.6 Å². The Bertz CT molecular complexity index is 802. The fourth-order valence-corrected chi connectivity index (χ4v) is 3.42. The molecule has 1 aromatic rings. The van der Waals surface area contributed by atoms with Gasteiger partial charge < -0.3 is 26.5 Å². The number of nitrogens with two attached hydrogens (primary N) is 2. The monoisotopic (exact) mass is 437 g/mol. The first kappa shape index (κ1) is 23.8. The summed E-state index contributed by atoms with van der Waals surface area (Å²) >= 11 is 4.43. The molecule has 0 bridgehead atoms. The van der Waals surface area contributed by atoms with E-state index >= 15 is 0 Å². The van der Waals surface area contributed by atoms with Gasteiger partial charge in [-0.2, -0.15) is 5.12 Å². The molecule has 0 spiro atoms. The van der Waals surface area contributed by atoms with Gasteiger partial charge in [-0.25, -0.2) is 4.39 Å².